The van der Waals surface area contributed by atoms with E-state index in [0.717, 1.165) is 11.1 Å². The maximum Gasteiger partial charge on any atom is 0.408 e. The van der Waals surface area contributed by atoms with E-state index in [4.69, 9.17) is 21.1 Å². The molecule has 0 spiro atoms. The molecule has 0 aromatic heterocycles. The van der Waals surface area contributed by atoms with E-state index >= 15 is 0 Å². The van der Waals surface area contributed by atoms with Crippen molar-refractivity contribution in [1.29, 1.82) is 0 Å². The number of carbonyl (C=O) groups excluding carboxylic acids is 4. The van der Waals surface area contributed by atoms with Gasteiger partial charge < -0.3 is 20.1 Å². The number of halogens is 1. The van der Waals surface area contributed by atoms with Gasteiger partial charge in [0.05, 0.1) is 18.1 Å². The van der Waals surface area contributed by atoms with Crippen molar-refractivity contribution < 1.29 is 28.7 Å². The van der Waals surface area contributed by atoms with E-state index in [9.17, 15) is 19.2 Å². The largest absolute Gasteiger partial charge is 0.445 e. The van der Waals surface area contributed by atoms with Crippen molar-refractivity contribution in [3.8, 4) is 0 Å². The van der Waals surface area contributed by atoms with Crippen LogP contribution in [0.5, 0.6) is 0 Å². The van der Waals surface area contributed by atoms with Crippen molar-refractivity contribution in [2.45, 2.75) is 77.9 Å². The average Bonchev–Trinajstić information content (AvgIpc) is 3.42. The number of ketones is 1. The number of ether oxygens (including phenoxy) is 2. The molecule has 0 saturated carbocycles. The van der Waals surface area contributed by atoms with Gasteiger partial charge in [-0.25, -0.2) is 14.6 Å². The monoisotopic (exact) mass is 596 g/mol. The normalized spacial score (nSPS) is 21.0. The van der Waals surface area contributed by atoms with Gasteiger partial charge in [-0.05, 0) is 56.9 Å². The first kappa shape index (κ1) is 31.1. The van der Waals surface area contributed by atoms with E-state index in [1.807, 2.05) is 49.2 Å². The molecule has 10 nitrogen and oxygen atoms in total. The summed E-state index contributed by atoms with van der Waals surface area (Å²) in [5.74, 6) is -0.898. The Morgan fingerprint density at radius 2 is 1.62 bits per heavy atom. The van der Waals surface area contributed by atoms with Crippen LogP contribution < -0.4 is 10.6 Å². The van der Waals surface area contributed by atoms with Gasteiger partial charge in [-0.1, -0.05) is 67.9 Å². The van der Waals surface area contributed by atoms with Crippen LogP contribution in [0.3, 0.4) is 0 Å². The van der Waals surface area contributed by atoms with Crippen molar-refractivity contribution in [3.63, 3.8) is 0 Å². The number of alkyl carbamates (subject to hydrolysis) is 2. The average molecular weight is 597 g/mol. The van der Waals surface area contributed by atoms with Crippen LogP contribution in [0.1, 0.15) is 58.7 Å². The second kappa shape index (κ2) is 12.5. The van der Waals surface area contributed by atoms with Crippen molar-refractivity contribution in [2.75, 3.05) is 0 Å². The first-order chi connectivity index (χ1) is 19.8. The topological polar surface area (TPSA) is 117 Å². The second-order valence-corrected chi connectivity index (χ2v) is 12.2. The number of nitrogens with zero attached hydrogens (tertiary/aromatic N) is 2. The number of fused-ring (bicyclic) bond motifs is 1. The Bertz CT molecular complexity index is 1360. The van der Waals surface area contributed by atoms with Crippen LogP contribution in [0, 0.1) is 5.92 Å². The number of benzene rings is 2. The number of hydrogen-bond acceptors (Lipinski definition) is 7. The van der Waals surface area contributed by atoms with E-state index in [0.29, 0.717) is 10.6 Å². The predicted octanol–water partition coefficient (Wildman–Crippen LogP) is 5.14. The van der Waals surface area contributed by atoms with Crippen LogP contribution >= 0.6 is 11.6 Å². The van der Waals surface area contributed by atoms with Gasteiger partial charge in [0.25, 0.3) is 5.91 Å². The zero-order valence-corrected chi connectivity index (χ0v) is 25.3. The standard InChI is InChI=1S/C31H37ClN4O6/c1-18(2)25-24(34-29(39)41-17-20-10-8-7-9-11-20)28(38)35-16-23(26(36(25)35)21-12-14-22(32)15-13-21)27(37)19(3)33-30(40)42-31(4,5)6/h7-16,18-19,24-26H,17H2,1-6H3,(H,33,40)(H,34,39)/t19-,24+,25+,26-/m0/s1. The van der Waals surface area contributed by atoms with Gasteiger partial charge in [-0.3, -0.25) is 9.59 Å². The SMILES string of the molecule is CC(C)[C@@H]1[C@@H](NC(=O)OCc2ccccc2)C(=O)N2C=C(C(=O)[C@H](C)NC(=O)OC(C)(C)C)[C@H](c3ccc(Cl)cc3)N12. The lowest BCUT2D eigenvalue weighted by molar-refractivity contribution is -0.134. The number of amides is 3. The maximum atomic E-state index is 13.8. The van der Waals surface area contributed by atoms with Crippen molar-refractivity contribution in [3.05, 3.63) is 82.5 Å². The molecular formula is C31H37ClN4O6. The smallest absolute Gasteiger partial charge is 0.408 e. The Balaban J connectivity index is 1.61. The number of nitrogens with one attached hydrogen (secondary N) is 2. The molecule has 2 N–H and O–H groups in total. The van der Waals surface area contributed by atoms with Crippen LogP contribution in [-0.2, 0) is 25.7 Å². The van der Waals surface area contributed by atoms with Crippen molar-refractivity contribution >= 4 is 35.5 Å². The predicted molar refractivity (Wildman–Crippen MR) is 157 cm³/mol. The molecule has 1 fully saturated rings. The molecule has 2 aromatic carbocycles. The molecule has 2 aromatic rings. The molecule has 1 saturated heterocycles. The van der Waals surface area contributed by atoms with Gasteiger partial charge in [-0.15, -0.1) is 0 Å². The summed E-state index contributed by atoms with van der Waals surface area (Å²) in [6.07, 6.45) is 0.0489. The molecular weight excluding hydrogens is 560 g/mol. The van der Waals surface area contributed by atoms with Crippen LogP contribution in [0.25, 0.3) is 0 Å². The Hall–Kier alpha value is -3.89. The lowest BCUT2D eigenvalue weighted by atomic mass is 9.89. The zero-order valence-electron chi connectivity index (χ0n) is 24.6. The summed E-state index contributed by atoms with van der Waals surface area (Å²) in [5, 5.41) is 9.07. The summed E-state index contributed by atoms with van der Waals surface area (Å²) in [5.41, 5.74) is 1.11. The van der Waals surface area contributed by atoms with Gasteiger partial charge in [0.15, 0.2) is 5.78 Å². The first-order valence-electron chi connectivity index (χ1n) is 13.9. The Kier molecular flexibility index (Phi) is 9.27. The highest BCUT2D eigenvalue weighted by atomic mass is 35.5. The Morgan fingerprint density at radius 3 is 2.21 bits per heavy atom. The van der Waals surface area contributed by atoms with E-state index in [1.54, 1.807) is 52.0 Å². The minimum Gasteiger partial charge on any atom is -0.445 e. The molecule has 2 aliphatic heterocycles. The fourth-order valence-corrected chi connectivity index (χ4v) is 5.30. The molecule has 4 atom stereocenters. The number of hydrogen-bond donors (Lipinski definition) is 2. The Labute approximate surface area is 250 Å². The molecule has 0 aliphatic carbocycles. The number of carbonyl (C=O) groups is 4. The fraction of sp³-hybridized carbons (Fsp3) is 0.419. The molecule has 0 unspecified atom stereocenters. The second-order valence-electron chi connectivity index (χ2n) is 11.8. The van der Waals surface area contributed by atoms with Crippen LogP contribution in [-0.4, -0.2) is 57.6 Å². The zero-order chi connectivity index (χ0) is 30.8. The van der Waals surface area contributed by atoms with Crippen molar-refractivity contribution in [1.82, 2.24) is 20.7 Å². The summed E-state index contributed by atoms with van der Waals surface area (Å²) < 4.78 is 10.7. The third kappa shape index (κ3) is 6.94. The van der Waals surface area contributed by atoms with E-state index in [1.165, 1.54) is 11.2 Å². The molecule has 224 valence electrons. The molecule has 0 bridgehead atoms. The summed E-state index contributed by atoms with van der Waals surface area (Å²) in [6.45, 7) is 10.7. The fourth-order valence-electron chi connectivity index (χ4n) is 5.18. The van der Waals surface area contributed by atoms with E-state index in [2.05, 4.69) is 10.6 Å². The minimum absolute atomic E-state index is 0.0574. The van der Waals surface area contributed by atoms with Gasteiger partial charge in [0.2, 0.25) is 0 Å². The summed E-state index contributed by atoms with van der Waals surface area (Å²) in [7, 11) is 0. The van der Waals surface area contributed by atoms with E-state index < -0.39 is 47.9 Å². The van der Waals surface area contributed by atoms with Crippen molar-refractivity contribution in [2.24, 2.45) is 5.92 Å². The van der Waals surface area contributed by atoms with Crippen LogP contribution in [0.2, 0.25) is 5.02 Å². The third-order valence-corrected chi connectivity index (χ3v) is 7.23. The molecule has 3 amide bonds. The maximum absolute atomic E-state index is 13.8. The summed E-state index contributed by atoms with van der Waals surface area (Å²) in [6, 6.07) is 13.2. The molecule has 2 aliphatic rings. The minimum atomic E-state index is -0.934. The molecule has 42 heavy (non-hydrogen) atoms. The van der Waals surface area contributed by atoms with Gasteiger partial charge in [-0.2, -0.15) is 5.01 Å². The molecule has 4 rings (SSSR count). The highest BCUT2D eigenvalue weighted by Gasteiger charge is 2.56. The van der Waals surface area contributed by atoms with E-state index in [-0.39, 0.29) is 18.3 Å². The molecule has 11 heteroatoms. The highest BCUT2D eigenvalue weighted by molar-refractivity contribution is 6.30. The van der Waals surface area contributed by atoms with Crippen LogP contribution in [0.15, 0.2) is 66.4 Å². The molecule has 2 heterocycles. The number of hydrazine groups is 1. The lowest BCUT2D eigenvalue weighted by Gasteiger charge is -2.35. The number of rotatable bonds is 8. The highest BCUT2D eigenvalue weighted by Crippen LogP contribution is 2.44. The van der Waals surface area contributed by atoms with Crippen LogP contribution in [0.4, 0.5) is 9.59 Å². The lowest BCUT2D eigenvalue weighted by Crippen LogP contribution is -2.51. The van der Waals surface area contributed by atoms with Gasteiger partial charge in [0, 0.05) is 16.8 Å². The third-order valence-electron chi connectivity index (χ3n) is 6.97. The number of Topliss-reactive ketones (excluding diaryl/α,β-unsaturated/α-hetero) is 1. The summed E-state index contributed by atoms with van der Waals surface area (Å²) >= 11 is 6.16. The first-order valence-corrected chi connectivity index (χ1v) is 14.2. The molecule has 0 radical (unpaired) electrons. The van der Waals surface area contributed by atoms with Gasteiger partial charge in [0.1, 0.15) is 18.2 Å². The van der Waals surface area contributed by atoms with Gasteiger partial charge >= 0.3 is 12.2 Å². The quantitative estimate of drug-likeness (QED) is 0.433. The summed E-state index contributed by atoms with van der Waals surface area (Å²) in [4.78, 5) is 52.7. The Morgan fingerprint density at radius 1 is 0.976 bits per heavy atom.